The second-order valence-corrected chi connectivity index (χ2v) is 3.33. The van der Waals surface area contributed by atoms with E-state index >= 15 is 0 Å². The van der Waals surface area contributed by atoms with Gasteiger partial charge in [-0.25, -0.2) is 0 Å². The number of unbranched alkanes of at least 4 members (excludes halogenated alkanes) is 1. The minimum atomic E-state index is 0.250. The van der Waals surface area contributed by atoms with Gasteiger partial charge in [0.1, 0.15) is 0 Å². The van der Waals surface area contributed by atoms with Crippen molar-refractivity contribution >= 4 is 6.15 Å². The molecule has 0 amide bonds. The summed E-state index contributed by atoms with van der Waals surface area (Å²) in [4.78, 5) is 16.2. The highest BCUT2D eigenvalue weighted by Crippen LogP contribution is 1.76. The molecule has 130 valence electrons. The molecule has 0 bridgehead atoms. The maximum absolute atomic E-state index is 8.12. The van der Waals surface area contributed by atoms with E-state index in [2.05, 4.69) is 47.1 Å². The Bertz CT molecular complexity index is 220. The summed E-state index contributed by atoms with van der Waals surface area (Å²) in [5, 5.41) is 0. The molecule has 0 aliphatic rings. The van der Waals surface area contributed by atoms with Crippen molar-refractivity contribution in [3.05, 3.63) is 62.8 Å². The van der Waals surface area contributed by atoms with Gasteiger partial charge in [0, 0.05) is 0 Å². The zero-order valence-electron chi connectivity index (χ0n) is 15.7. The van der Waals surface area contributed by atoms with E-state index in [0.717, 1.165) is 6.42 Å². The van der Waals surface area contributed by atoms with Crippen molar-refractivity contribution in [3.63, 3.8) is 0 Å². The van der Waals surface area contributed by atoms with Crippen LogP contribution in [0.2, 0.25) is 0 Å². The first kappa shape index (κ1) is 36.9. The number of carbonyl (C=O) groups excluding carboxylic acids is 2. The Morgan fingerprint density at radius 2 is 0.955 bits per heavy atom. The van der Waals surface area contributed by atoms with Crippen LogP contribution < -0.4 is 0 Å². The molecule has 0 aliphatic heterocycles. The molecule has 2 heteroatoms. The fourth-order valence-corrected chi connectivity index (χ4v) is 0. The maximum Gasteiger partial charge on any atom is 0.373 e. The van der Waals surface area contributed by atoms with Gasteiger partial charge in [0.05, 0.1) is 0 Å². The Morgan fingerprint density at radius 1 is 0.773 bits per heavy atom. The Balaban J connectivity index is -0.0000000351. The largest absolute Gasteiger partial charge is 0.373 e. The fraction of sp³-hybridized carbons (Fsp3) is 0.450. The highest BCUT2D eigenvalue weighted by atomic mass is 16.2. The summed E-state index contributed by atoms with van der Waals surface area (Å²) in [5.74, 6) is 0. The van der Waals surface area contributed by atoms with Crippen LogP contribution in [0.15, 0.2) is 62.8 Å². The van der Waals surface area contributed by atoms with Crippen LogP contribution in [0.5, 0.6) is 0 Å². The fourth-order valence-electron chi connectivity index (χ4n) is 0. The number of hydrogen-bond donors (Lipinski definition) is 0. The lowest BCUT2D eigenvalue weighted by molar-refractivity contribution is -0.191. The van der Waals surface area contributed by atoms with Crippen molar-refractivity contribution < 1.29 is 9.59 Å². The average Bonchev–Trinajstić information content (AvgIpc) is 2.56. The smallest absolute Gasteiger partial charge is 0.186 e. The van der Waals surface area contributed by atoms with Crippen LogP contribution in [0.3, 0.4) is 0 Å². The quantitative estimate of drug-likeness (QED) is 0.418. The van der Waals surface area contributed by atoms with E-state index in [0.29, 0.717) is 0 Å². The third-order valence-electron chi connectivity index (χ3n) is 1.29. The van der Waals surface area contributed by atoms with Gasteiger partial charge in [-0.15, -0.1) is 13.2 Å². The van der Waals surface area contributed by atoms with Crippen LogP contribution in [0.1, 0.15) is 60.8 Å². The molecule has 0 heterocycles. The van der Waals surface area contributed by atoms with Gasteiger partial charge in [-0.1, -0.05) is 83.2 Å². The Kier molecular flexibility index (Phi) is 160. The summed E-state index contributed by atoms with van der Waals surface area (Å²) in [6, 6.07) is 0. The van der Waals surface area contributed by atoms with Crippen LogP contribution >= 0.6 is 0 Å². The van der Waals surface area contributed by atoms with Gasteiger partial charge in [0.2, 0.25) is 0 Å². The van der Waals surface area contributed by atoms with E-state index in [-0.39, 0.29) is 6.15 Å². The Labute approximate surface area is 140 Å². The molecule has 0 radical (unpaired) electrons. The van der Waals surface area contributed by atoms with Crippen LogP contribution in [-0.2, 0) is 9.59 Å². The second-order valence-electron chi connectivity index (χ2n) is 3.33. The molecule has 0 rings (SSSR count). The molecule has 0 saturated heterocycles. The topological polar surface area (TPSA) is 34.1 Å². The van der Waals surface area contributed by atoms with Crippen molar-refractivity contribution in [2.45, 2.75) is 60.8 Å². The van der Waals surface area contributed by atoms with Crippen molar-refractivity contribution in [2.75, 3.05) is 0 Å². The Hall–Kier alpha value is -1.92. The van der Waals surface area contributed by atoms with Crippen LogP contribution in [0, 0.1) is 0 Å². The molecule has 0 saturated carbocycles. The number of rotatable bonds is 3. The molecule has 0 aromatic carbocycles. The lowest BCUT2D eigenvalue weighted by atomic mass is 10.4. The van der Waals surface area contributed by atoms with Crippen LogP contribution in [0.4, 0.5) is 0 Å². The predicted molar refractivity (Wildman–Crippen MR) is 103 cm³/mol. The highest BCUT2D eigenvalue weighted by Gasteiger charge is 1.56. The second kappa shape index (κ2) is 95.5. The van der Waals surface area contributed by atoms with Crippen molar-refractivity contribution in [3.8, 4) is 0 Å². The highest BCUT2D eigenvalue weighted by molar-refractivity contribution is 5.20. The molecule has 0 spiro atoms. The van der Waals surface area contributed by atoms with Gasteiger partial charge in [-0.2, -0.15) is 9.59 Å². The summed E-state index contributed by atoms with van der Waals surface area (Å²) >= 11 is 0. The van der Waals surface area contributed by atoms with E-state index in [1.807, 2.05) is 39.0 Å². The minimum Gasteiger partial charge on any atom is -0.186 e. The molecule has 22 heavy (non-hydrogen) atoms. The van der Waals surface area contributed by atoms with Crippen LogP contribution in [0.25, 0.3) is 0 Å². The normalized spacial score (nSPS) is 6.09. The summed E-state index contributed by atoms with van der Waals surface area (Å²) in [6.45, 7) is 25.9. The zero-order chi connectivity index (χ0) is 19.1. The molecule has 0 aromatic rings. The van der Waals surface area contributed by atoms with E-state index in [9.17, 15) is 0 Å². The minimum absolute atomic E-state index is 0.250. The zero-order valence-corrected chi connectivity index (χ0v) is 15.7. The summed E-state index contributed by atoms with van der Waals surface area (Å²) in [7, 11) is 0. The molecule has 0 fully saturated rings. The first-order valence-electron chi connectivity index (χ1n) is 7.47. The van der Waals surface area contributed by atoms with Gasteiger partial charge < -0.3 is 0 Å². The summed E-state index contributed by atoms with van der Waals surface area (Å²) < 4.78 is 0. The monoisotopic (exact) mass is 310 g/mol. The third-order valence-corrected chi connectivity index (χ3v) is 1.29. The predicted octanol–water partition coefficient (Wildman–Crippen LogP) is 6.94. The lowest BCUT2D eigenvalue weighted by Crippen LogP contribution is -1.47. The third kappa shape index (κ3) is 1220. The van der Waals surface area contributed by atoms with Crippen molar-refractivity contribution in [1.29, 1.82) is 0 Å². The van der Waals surface area contributed by atoms with Gasteiger partial charge in [-0.05, 0) is 27.2 Å². The molecular weight excluding hydrogens is 272 g/mol. The first-order chi connectivity index (χ1) is 10.5. The summed E-state index contributed by atoms with van der Waals surface area (Å²) in [5.41, 5.74) is 0. The van der Waals surface area contributed by atoms with Crippen molar-refractivity contribution in [2.24, 2.45) is 0 Å². The van der Waals surface area contributed by atoms with Crippen LogP contribution in [-0.4, -0.2) is 6.15 Å². The molecular formula is C20H38O2. The standard InChI is InChI=1S/C4H10.2C4H8.C4H6.C3H6.CO2/c4*1-3-4-2;1-3-2;2-1-3/h3-4H2,1-2H3;3-4H,1-2H3;3H,1,4H2,2H3;3-4H,1-2H2;3H,1H2,2H3;. The molecule has 0 unspecified atom stereocenters. The lowest BCUT2D eigenvalue weighted by Gasteiger charge is -1.68. The Morgan fingerprint density at radius 3 is 0.955 bits per heavy atom. The molecule has 0 N–H and O–H groups in total. The molecule has 0 aromatic heterocycles. The van der Waals surface area contributed by atoms with Gasteiger partial charge in [0.15, 0.2) is 0 Å². The molecule has 0 atom stereocenters. The van der Waals surface area contributed by atoms with E-state index in [1.54, 1.807) is 18.2 Å². The van der Waals surface area contributed by atoms with Crippen molar-refractivity contribution in [1.82, 2.24) is 0 Å². The maximum atomic E-state index is 8.12. The first-order valence-corrected chi connectivity index (χ1v) is 7.47. The van der Waals surface area contributed by atoms with Gasteiger partial charge in [-0.3, -0.25) is 0 Å². The SMILES string of the molecule is C=CC.C=CC=C.C=CCC.CC=CC.CCCC.O=C=O. The molecule has 0 aliphatic carbocycles. The average molecular weight is 311 g/mol. The summed E-state index contributed by atoms with van der Waals surface area (Å²) in [6.07, 6.45) is 14.9. The van der Waals surface area contributed by atoms with E-state index < -0.39 is 0 Å². The van der Waals surface area contributed by atoms with E-state index in [1.165, 1.54) is 12.8 Å². The van der Waals surface area contributed by atoms with Gasteiger partial charge in [0.25, 0.3) is 0 Å². The van der Waals surface area contributed by atoms with E-state index in [4.69, 9.17) is 9.59 Å². The number of hydrogen-bond acceptors (Lipinski definition) is 2. The van der Waals surface area contributed by atoms with Gasteiger partial charge >= 0.3 is 6.15 Å². The molecule has 2 nitrogen and oxygen atoms in total. The number of allylic oxidation sites excluding steroid dienone is 6.